The first kappa shape index (κ1) is 16.1. The summed E-state index contributed by atoms with van der Waals surface area (Å²) in [6.07, 6.45) is 5.55. The molecule has 0 aromatic heterocycles. The molecule has 2 heterocycles. The number of allylic oxidation sites excluding steroid dienone is 2. The minimum absolute atomic E-state index is 0.246. The first-order chi connectivity index (χ1) is 11.1. The van der Waals surface area contributed by atoms with Crippen LogP contribution in [0.1, 0.15) is 0 Å². The molecule has 0 bridgehead atoms. The van der Waals surface area contributed by atoms with Gasteiger partial charge in [-0.2, -0.15) is 0 Å². The van der Waals surface area contributed by atoms with Gasteiger partial charge >= 0.3 is 0 Å². The normalized spacial score (nSPS) is 17.3. The highest BCUT2D eigenvalue weighted by Gasteiger charge is 2.20. The van der Waals surface area contributed by atoms with Crippen LogP contribution in [0, 0.1) is 0 Å². The average molecular weight is 355 g/mol. The maximum Gasteiger partial charge on any atom is 0.223 e. The van der Waals surface area contributed by atoms with Gasteiger partial charge in [-0.3, -0.25) is 15.1 Å². The number of guanidine groups is 1. The standard InChI is InChI=1S/C15H16Cl2N4O2/c16-11-4-5-14(13(17)9-11)19-15-18-6-8-21(15)23-10-12-3-1-2-7-20(12)22/h1-5,9,22H,6-8,10H2,(H,18,19). The molecule has 2 aliphatic rings. The van der Waals surface area contributed by atoms with Gasteiger partial charge in [-0.05, 0) is 24.3 Å². The summed E-state index contributed by atoms with van der Waals surface area (Å²) in [4.78, 5) is 10.1. The maximum atomic E-state index is 9.75. The van der Waals surface area contributed by atoms with E-state index >= 15 is 0 Å². The number of anilines is 1. The molecule has 2 N–H and O–H groups in total. The summed E-state index contributed by atoms with van der Waals surface area (Å²) < 4.78 is 0. The number of hydrogen-bond donors (Lipinski definition) is 2. The van der Waals surface area contributed by atoms with Gasteiger partial charge in [0.2, 0.25) is 5.96 Å². The SMILES string of the molecule is ON1CC=CC=C1CON1CCN=C1Nc1ccc(Cl)cc1Cl. The summed E-state index contributed by atoms with van der Waals surface area (Å²) in [5.41, 5.74) is 1.39. The van der Waals surface area contributed by atoms with E-state index in [1.54, 1.807) is 29.3 Å². The number of nitrogens with one attached hydrogen (secondary N) is 1. The summed E-state index contributed by atoms with van der Waals surface area (Å²) in [6, 6.07) is 5.20. The molecule has 3 rings (SSSR count). The van der Waals surface area contributed by atoms with Crippen molar-refractivity contribution in [3.05, 3.63) is 52.2 Å². The molecule has 0 spiro atoms. The van der Waals surface area contributed by atoms with Gasteiger partial charge in [0.05, 0.1) is 36.0 Å². The fourth-order valence-electron chi connectivity index (χ4n) is 2.18. The average Bonchev–Trinajstić information content (AvgIpc) is 2.96. The number of halogens is 2. The van der Waals surface area contributed by atoms with Gasteiger partial charge in [0.25, 0.3) is 0 Å². The number of hydroxylamine groups is 4. The lowest BCUT2D eigenvalue weighted by atomic mass is 10.3. The van der Waals surface area contributed by atoms with Crippen LogP contribution in [-0.4, -0.2) is 47.5 Å². The molecular weight excluding hydrogens is 339 g/mol. The Labute approximate surface area is 144 Å². The van der Waals surface area contributed by atoms with E-state index in [2.05, 4.69) is 10.3 Å². The molecule has 1 aromatic rings. The number of benzene rings is 1. The number of aliphatic imine (C=N–C) groups is 1. The molecule has 122 valence electrons. The highest BCUT2D eigenvalue weighted by molar-refractivity contribution is 6.36. The van der Waals surface area contributed by atoms with E-state index in [1.807, 2.05) is 12.2 Å². The third-order valence-electron chi connectivity index (χ3n) is 3.38. The topological polar surface area (TPSA) is 60.3 Å². The van der Waals surface area contributed by atoms with Crippen molar-refractivity contribution in [2.24, 2.45) is 4.99 Å². The molecule has 2 aliphatic heterocycles. The summed E-state index contributed by atoms with van der Waals surface area (Å²) in [5.74, 6) is 0.575. The van der Waals surface area contributed by atoms with Crippen molar-refractivity contribution in [1.82, 2.24) is 10.1 Å². The Bertz CT molecular complexity index is 675. The van der Waals surface area contributed by atoms with Crippen LogP contribution in [0.4, 0.5) is 5.69 Å². The molecule has 0 saturated carbocycles. The van der Waals surface area contributed by atoms with E-state index in [-0.39, 0.29) is 6.61 Å². The van der Waals surface area contributed by atoms with Gasteiger partial charge in [-0.15, -0.1) is 0 Å². The second kappa shape index (κ2) is 7.23. The molecule has 0 atom stereocenters. The Kier molecular flexibility index (Phi) is 5.07. The van der Waals surface area contributed by atoms with Crippen molar-refractivity contribution in [2.45, 2.75) is 0 Å². The Balaban J connectivity index is 1.61. The molecule has 6 nitrogen and oxygen atoms in total. The largest absolute Gasteiger partial charge is 0.323 e. The summed E-state index contributed by atoms with van der Waals surface area (Å²) in [5, 5.41) is 16.8. The van der Waals surface area contributed by atoms with Crippen LogP contribution in [-0.2, 0) is 4.84 Å². The highest BCUT2D eigenvalue weighted by Crippen LogP contribution is 2.26. The van der Waals surface area contributed by atoms with E-state index in [1.165, 1.54) is 0 Å². The molecule has 0 radical (unpaired) electrons. The van der Waals surface area contributed by atoms with Gasteiger partial charge < -0.3 is 5.32 Å². The lowest BCUT2D eigenvalue weighted by Gasteiger charge is -2.25. The molecule has 0 saturated heterocycles. The first-order valence-electron chi connectivity index (χ1n) is 7.12. The number of hydrogen-bond acceptors (Lipinski definition) is 6. The fraction of sp³-hybridized carbons (Fsp3) is 0.267. The van der Waals surface area contributed by atoms with Crippen LogP contribution in [0.25, 0.3) is 0 Å². The third-order valence-corrected chi connectivity index (χ3v) is 3.93. The molecule has 0 aliphatic carbocycles. The minimum Gasteiger partial charge on any atom is -0.323 e. The van der Waals surface area contributed by atoms with Gasteiger partial charge in [0, 0.05) is 5.02 Å². The summed E-state index contributed by atoms with van der Waals surface area (Å²) >= 11 is 12.0. The van der Waals surface area contributed by atoms with Crippen LogP contribution in [0.5, 0.6) is 0 Å². The molecule has 23 heavy (non-hydrogen) atoms. The van der Waals surface area contributed by atoms with Gasteiger partial charge in [-0.25, -0.2) is 10.1 Å². The molecule has 0 amide bonds. The lowest BCUT2D eigenvalue weighted by Crippen LogP contribution is -2.35. The molecular formula is C15H16Cl2N4O2. The molecule has 8 heteroatoms. The van der Waals surface area contributed by atoms with Crippen LogP contribution in [0.2, 0.25) is 10.0 Å². The number of nitrogens with zero attached hydrogens (tertiary/aromatic N) is 3. The molecule has 0 fully saturated rings. The summed E-state index contributed by atoms with van der Waals surface area (Å²) in [6.45, 7) is 1.95. The zero-order valence-corrected chi connectivity index (χ0v) is 13.8. The van der Waals surface area contributed by atoms with E-state index in [0.29, 0.717) is 47.0 Å². The van der Waals surface area contributed by atoms with E-state index in [0.717, 1.165) is 5.06 Å². The zero-order chi connectivity index (χ0) is 16.2. The van der Waals surface area contributed by atoms with Crippen LogP contribution < -0.4 is 5.32 Å². The second-order valence-electron chi connectivity index (χ2n) is 5.00. The lowest BCUT2D eigenvalue weighted by molar-refractivity contribution is -0.114. The Morgan fingerprint density at radius 2 is 2.22 bits per heavy atom. The minimum atomic E-state index is 0.246. The van der Waals surface area contributed by atoms with E-state index < -0.39 is 0 Å². The molecule has 0 unspecified atom stereocenters. The first-order valence-corrected chi connectivity index (χ1v) is 7.88. The zero-order valence-electron chi connectivity index (χ0n) is 12.2. The van der Waals surface area contributed by atoms with Crippen molar-refractivity contribution in [3.63, 3.8) is 0 Å². The van der Waals surface area contributed by atoms with Crippen LogP contribution >= 0.6 is 23.2 Å². The van der Waals surface area contributed by atoms with Crippen LogP contribution in [0.15, 0.2) is 47.1 Å². The Hall–Kier alpha value is -1.73. The monoisotopic (exact) mass is 354 g/mol. The quantitative estimate of drug-likeness (QED) is 0.869. The summed E-state index contributed by atoms with van der Waals surface area (Å²) in [7, 11) is 0. The van der Waals surface area contributed by atoms with Crippen molar-refractivity contribution in [2.75, 3.05) is 31.6 Å². The van der Waals surface area contributed by atoms with Gasteiger partial charge in [0.1, 0.15) is 6.61 Å². The fourth-order valence-corrected chi connectivity index (χ4v) is 2.64. The maximum absolute atomic E-state index is 9.75. The highest BCUT2D eigenvalue weighted by atomic mass is 35.5. The van der Waals surface area contributed by atoms with Crippen molar-refractivity contribution in [3.8, 4) is 0 Å². The predicted molar refractivity (Wildman–Crippen MR) is 90.8 cm³/mol. The molecule has 1 aromatic carbocycles. The van der Waals surface area contributed by atoms with E-state index in [4.69, 9.17) is 28.0 Å². The number of rotatable bonds is 4. The van der Waals surface area contributed by atoms with Gasteiger partial charge in [-0.1, -0.05) is 35.4 Å². The third kappa shape index (κ3) is 3.97. The van der Waals surface area contributed by atoms with Gasteiger partial charge in [0.15, 0.2) is 0 Å². The van der Waals surface area contributed by atoms with Crippen molar-refractivity contribution in [1.29, 1.82) is 0 Å². The predicted octanol–water partition coefficient (Wildman–Crippen LogP) is 3.15. The Morgan fingerprint density at radius 1 is 1.35 bits per heavy atom. The Morgan fingerprint density at radius 3 is 3.00 bits per heavy atom. The van der Waals surface area contributed by atoms with E-state index in [9.17, 15) is 5.21 Å². The second-order valence-corrected chi connectivity index (χ2v) is 5.84. The van der Waals surface area contributed by atoms with Crippen molar-refractivity contribution >= 4 is 34.8 Å². The van der Waals surface area contributed by atoms with Crippen molar-refractivity contribution < 1.29 is 10.0 Å². The van der Waals surface area contributed by atoms with Crippen LogP contribution in [0.3, 0.4) is 0 Å². The smallest absolute Gasteiger partial charge is 0.223 e.